The first kappa shape index (κ1) is 74.2. The van der Waals surface area contributed by atoms with Crippen molar-refractivity contribution < 1.29 is 37.6 Å². The number of hydrogen-bond acceptors (Lipinski definition) is 8. The van der Waals surface area contributed by atoms with Crippen molar-refractivity contribution in [1.29, 1.82) is 0 Å². The smallest absolute Gasteiger partial charge is 0.462 e. The predicted octanol–water partition coefficient (Wildman–Crippen LogP) is 20.1. The second-order valence-electron chi connectivity index (χ2n) is 20.2. The second kappa shape index (κ2) is 62.3. The summed E-state index contributed by atoms with van der Waals surface area (Å²) in [6.07, 6.45) is 88.0. The van der Waals surface area contributed by atoms with Crippen LogP contribution >= 0.6 is 7.82 Å². The Bertz CT molecular complexity index is 1740. The zero-order chi connectivity index (χ0) is 56.6. The van der Waals surface area contributed by atoms with E-state index in [-0.39, 0.29) is 38.6 Å². The number of carbonyl (C=O) groups is 2. The molecular weight excluding hydrogens is 990 g/mol. The number of phosphoric acid groups is 1. The Morgan fingerprint density at radius 1 is 0.397 bits per heavy atom. The maximum Gasteiger partial charge on any atom is 0.472 e. The van der Waals surface area contributed by atoms with Crippen molar-refractivity contribution in [2.45, 2.75) is 258 Å². The quantitative estimate of drug-likeness (QED) is 0.0264. The van der Waals surface area contributed by atoms with Gasteiger partial charge in [0.25, 0.3) is 0 Å². The Balaban J connectivity index is 3.99. The van der Waals surface area contributed by atoms with Gasteiger partial charge in [0.15, 0.2) is 6.10 Å². The van der Waals surface area contributed by atoms with Crippen LogP contribution in [0.4, 0.5) is 0 Å². The number of allylic oxidation sites excluding steroid dienone is 22. The fraction of sp³-hybridized carbons (Fsp3) is 0.647. The van der Waals surface area contributed by atoms with Gasteiger partial charge in [0.2, 0.25) is 0 Å². The molecule has 0 aromatic heterocycles. The number of ether oxygens (including phenoxy) is 2. The maximum atomic E-state index is 12.7. The number of nitrogens with two attached hydrogens (primary N) is 1. The van der Waals surface area contributed by atoms with Crippen LogP contribution < -0.4 is 5.73 Å². The largest absolute Gasteiger partial charge is 0.472 e. The second-order valence-corrected chi connectivity index (χ2v) is 21.7. The summed E-state index contributed by atoms with van der Waals surface area (Å²) in [4.78, 5) is 35.2. The zero-order valence-corrected chi connectivity index (χ0v) is 50.5. The van der Waals surface area contributed by atoms with Gasteiger partial charge in [-0.3, -0.25) is 18.6 Å². The average Bonchev–Trinajstić information content (AvgIpc) is 3.43. The molecule has 0 spiro atoms. The first-order valence-electron chi connectivity index (χ1n) is 31.2. The number of phosphoric ester groups is 1. The monoisotopic (exact) mass is 1100 g/mol. The molecule has 0 saturated carbocycles. The summed E-state index contributed by atoms with van der Waals surface area (Å²) < 4.78 is 33.0. The molecule has 444 valence electrons. The maximum absolute atomic E-state index is 12.7. The summed E-state index contributed by atoms with van der Waals surface area (Å²) in [7, 11) is -4.40. The molecule has 0 aromatic rings. The molecule has 0 rings (SSSR count). The van der Waals surface area contributed by atoms with E-state index in [1.165, 1.54) is 103 Å². The first-order chi connectivity index (χ1) is 38.3. The topological polar surface area (TPSA) is 134 Å². The van der Waals surface area contributed by atoms with Gasteiger partial charge in [-0.15, -0.1) is 0 Å². The molecule has 0 heterocycles. The van der Waals surface area contributed by atoms with E-state index in [2.05, 4.69) is 148 Å². The lowest BCUT2D eigenvalue weighted by atomic mass is 10.0. The summed E-state index contributed by atoms with van der Waals surface area (Å²) >= 11 is 0. The third-order valence-electron chi connectivity index (χ3n) is 12.8. The van der Waals surface area contributed by atoms with Crippen LogP contribution in [0.2, 0.25) is 0 Å². The molecular formula is C68H114NO8P. The van der Waals surface area contributed by atoms with Crippen molar-refractivity contribution in [2.75, 3.05) is 26.4 Å². The van der Waals surface area contributed by atoms with E-state index in [1.807, 2.05) is 0 Å². The van der Waals surface area contributed by atoms with Gasteiger partial charge in [0.05, 0.1) is 13.2 Å². The van der Waals surface area contributed by atoms with E-state index in [4.69, 9.17) is 24.3 Å². The van der Waals surface area contributed by atoms with Crippen LogP contribution in [0, 0.1) is 0 Å². The molecule has 2 unspecified atom stereocenters. The van der Waals surface area contributed by atoms with Gasteiger partial charge >= 0.3 is 19.8 Å². The van der Waals surface area contributed by atoms with E-state index in [9.17, 15) is 19.0 Å². The van der Waals surface area contributed by atoms with E-state index in [1.54, 1.807) is 0 Å². The Morgan fingerprint density at radius 2 is 0.705 bits per heavy atom. The van der Waals surface area contributed by atoms with E-state index in [0.717, 1.165) is 116 Å². The van der Waals surface area contributed by atoms with Crippen LogP contribution in [0.1, 0.15) is 251 Å². The Hall–Kier alpha value is -3.85. The predicted molar refractivity (Wildman–Crippen MR) is 334 cm³/mol. The molecule has 9 nitrogen and oxygen atoms in total. The normalized spacial score (nSPS) is 13.9. The summed E-state index contributed by atoms with van der Waals surface area (Å²) in [6, 6.07) is 0. The molecule has 0 fully saturated rings. The summed E-state index contributed by atoms with van der Waals surface area (Å²) in [6.45, 7) is 3.62. The number of hydrogen-bond donors (Lipinski definition) is 2. The number of carbonyl (C=O) groups excluding carboxylic acids is 2. The minimum Gasteiger partial charge on any atom is -0.462 e. The van der Waals surface area contributed by atoms with Gasteiger partial charge in [-0.2, -0.15) is 0 Å². The molecule has 0 aliphatic carbocycles. The molecule has 2 atom stereocenters. The Kier molecular flexibility index (Phi) is 59.3. The first-order valence-corrected chi connectivity index (χ1v) is 32.7. The fourth-order valence-electron chi connectivity index (χ4n) is 8.23. The third-order valence-corrected chi connectivity index (χ3v) is 13.8. The van der Waals surface area contributed by atoms with E-state index in [0.29, 0.717) is 6.42 Å². The van der Waals surface area contributed by atoms with Crippen molar-refractivity contribution in [3.05, 3.63) is 134 Å². The molecule has 0 amide bonds. The van der Waals surface area contributed by atoms with Gasteiger partial charge in [-0.25, -0.2) is 4.57 Å². The standard InChI is InChI=1S/C68H114NO8P/c1-3-5-7-9-11-13-15-17-19-21-22-23-24-25-26-27-28-29-30-31-32-33-34-35-36-37-38-39-40-41-42-43-44-45-47-49-51-53-55-57-59-61-68(71)77-66(65-76-78(72,73)75-63-62-69)64-74-67(70)60-58-56-54-52-50-48-46-20-18-16-14-12-10-8-6-4-2/h5,7,11,13,17,19,22-23,25-26,28-29,31-32,34-35,37-38,40-41,43-44,66H,3-4,6,8-10,12,14-16,18,20-21,24,27,30,33,36,39,42,45-65,69H2,1-2H3,(H,72,73)/b7-5-,13-11-,19-17-,23-22-,26-25-,29-28-,32-31-,35-34-,38-37-,41-40-,44-43-. The Labute approximate surface area is 478 Å². The molecule has 0 radical (unpaired) electrons. The lowest BCUT2D eigenvalue weighted by Gasteiger charge is -2.19. The fourth-order valence-corrected chi connectivity index (χ4v) is 8.99. The highest BCUT2D eigenvalue weighted by Crippen LogP contribution is 2.43. The summed E-state index contributed by atoms with van der Waals surface area (Å²) in [5.74, 6) is -0.842. The van der Waals surface area contributed by atoms with Gasteiger partial charge in [0, 0.05) is 19.4 Å². The number of rotatable bonds is 57. The van der Waals surface area contributed by atoms with Crippen LogP contribution in [0.5, 0.6) is 0 Å². The van der Waals surface area contributed by atoms with Crippen molar-refractivity contribution in [3.63, 3.8) is 0 Å². The molecule has 10 heteroatoms. The highest BCUT2D eigenvalue weighted by Gasteiger charge is 2.26. The molecule has 0 aliphatic heterocycles. The molecule has 0 saturated heterocycles. The van der Waals surface area contributed by atoms with Crippen LogP contribution in [0.25, 0.3) is 0 Å². The Morgan fingerprint density at radius 3 is 1.05 bits per heavy atom. The van der Waals surface area contributed by atoms with Crippen molar-refractivity contribution in [3.8, 4) is 0 Å². The minimum atomic E-state index is -4.40. The number of unbranched alkanes of at least 4 members (excludes halogenated alkanes) is 22. The van der Waals surface area contributed by atoms with Crippen molar-refractivity contribution in [2.24, 2.45) is 5.73 Å². The average molecular weight is 1100 g/mol. The van der Waals surface area contributed by atoms with Crippen molar-refractivity contribution >= 4 is 19.8 Å². The zero-order valence-electron chi connectivity index (χ0n) is 49.6. The highest BCUT2D eigenvalue weighted by molar-refractivity contribution is 7.47. The molecule has 78 heavy (non-hydrogen) atoms. The molecule has 0 bridgehead atoms. The lowest BCUT2D eigenvalue weighted by Crippen LogP contribution is -2.29. The van der Waals surface area contributed by atoms with Gasteiger partial charge in [-0.1, -0.05) is 276 Å². The van der Waals surface area contributed by atoms with Crippen LogP contribution in [-0.4, -0.2) is 49.3 Å². The number of esters is 2. The minimum absolute atomic E-state index is 0.0467. The van der Waals surface area contributed by atoms with Crippen LogP contribution in [0.15, 0.2) is 134 Å². The molecule has 0 aromatic carbocycles. The van der Waals surface area contributed by atoms with E-state index < -0.39 is 26.5 Å². The summed E-state index contributed by atoms with van der Waals surface area (Å²) in [5.41, 5.74) is 5.38. The SMILES string of the molecule is CC/C=C\C/C=C\C/C=C\C/C=C\C/C=C\C/C=C\C/C=C\C/C=C\C/C=C\C/C=C\C/C=C\CCCCCCCCCC(=O)OC(COC(=O)CCCCCCCCCCCCCCCCCC)COP(=O)(O)OCCN. The lowest BCUT2D eigenvalue weighted by molar-refractivity contribution is -0.161. The van der Waals surface area contributed by atoms with Crippen LogP contribution in [-0.2, 0) is 32.7 Å². The van der Waals surface area contributed by atoms with E-state index >= 15 is 0 Å². The molecule has 0 aliphatic rings. The third kappa shape index (κ3) is 61.4. The van der Waals surface area contributed by atoms with Gasteiger partial charge < -0.3 is 20.1 Å². The van der Waals surface area contributed by atoms with Gasteiger partial charge in [-0.05, 0) is 96.3 Å². The highest BCUT2D eigenvalue weighted by atomic mass is 31.2. The van der Waals surface area contributed by atoms with Crippen molar-refractivity contribution in [1.82, 2.24) is 0 Å². The summed E-state index contributed by atoms with van der Waals surface area (Å²) in [5, 5.41) is 0. The van der Waals surface area contributed by atoms with Gasteiger partial charge in [0.1, 0.15) is 6.61 Å². The van der Waals surface area contributed by atoms with Crippen LogP contribution in [0.3, 0.4) is 0 Å². The molecule has 3 N–H and O–H groups in total.